The molecular weight excluding hydrogens is 232 g/mol. The minimum absolute atomic E-state index is 0.375. The van der Waals surface area contributed by atoms with Gasteiger partial charge in [-0.15, -0.1) is 0 Å². The van der Waals surface area contributed by atoms with E-state index in [1.165, 1.54) is 25.8 Å². The number of carboxylic acid groups (broad SMARTS) is 1. The Labute approximate surface area is 106 Å². The van der Waals surface area contributed by atoms with Crippen molar-refractivity contribution in [1.29, 1.82) is 0 Å². The Kier molecular flexibility index (Phi) is 4.31. The summed E-state index contributed by atoms with van der Waals surface area (Å²) < 4.78 is 0. The normalized spacial score (nSPS) is 10.8. The van der Waals surface area contributed by atoms with Gasteiger partial charge in [0, 0.05) is 13.6 Å². The van der Waals surface area contributed by atoms with Crippen LogP contribution in [0, 0.1) is 0 Å². The molecule has 0 saturated carbocycles. The van der Waals surface area contributed by atoms with Crippen LogP contribution in [0.15, 0.2) is 30.3 Å². The van der Waals surface area contributed by atoms with Gasteiger partial charge in [0.05, 0.1) is 0 Å². The average Bonchev–Trinajstić information content (AvgIpc) is 2.36. The molecule has 0 bridgehead atoms. The summed E-state index contributed by atoms with van der Waals surface area (Å²) in [6, 6.07) is 9.03. The summed E-state index contributed by atoms with van der Waals surface area (Å²) in [5, 5.41) is 11.7. The lowest BCUT2D eigenvalue weighted by Crippen LogP contribution is -2.53. The van der Waals surface area contributed by atoms with Gasteiger partial charge in [0.25, 0.3) is 0 Å². The summed E-state index contributed by atoms with van der Waals surface area (Å²) >= 11 is 0. The first-order valence-electron chi connectivity index (χ1n) is 5.64. The maximum absolute atomic E-state index is 11.8. The van der Waals surface area contributed by atoms with Crippen LogP contribution in [0.5, 0.6) is 0 Å². The van der Waals surface area contributed by atoms with Crippen molar-refractivity contribution in [3.63, 3.8) is 0 Å². The SMILES string of the molecule is CN(C(=O)NCc1ccccc1)C(C)(C)C(=O)O. The average molecular weight is 250 g/mol. The zero-order chi connectivity index (χ0) is 13.8. The highest BCUT2D eigenvalue weighted by Crippen LogP contribution is 2.12. The van der Waals surface area contributed by atoms with Gasteiger partial charge in [-0.3, -0.25) is 0 Å². The van der Waals surface area contributed by atoms with Crippen molar-refractivity contribution in [1.82, 2.24) is 10.2 Å². The summed E-state index contributed by atoms with van der Waals surface area (Å²) in [6.45, 7) is 3.34. The van der Waals surface area contributed by atoms with E-state index in [-0.39, 0.29) is 0 Å². The lowest BCUT2D eigenvalue weighted by atomic mass is 10.1. The molecule has 1 aromatic rings. The van der Waals surface area contributed by atoms with Gasteiger partial charge in [-0.1, -0.05) is 30.3 Å². The fourth-order valence-corrected chi connectivity index (χ4v) is 1.29. The van der Waals surface area contributed by atoms with Gasteiger partial charge in [-0.05, 0) is 19.4 Å². The summed E-state index contributed by atoms with van der Waals surface area (Å²) in [6.07, 6.45) is 0. The Morgan fingerprint density at radius 1 is 1.28 bits per heavy atom. The molecule has 0 aliphatic heterocycles. The van der Waals surface area contributed by atoms with Crippen LogP contribution in [0.1, 0.15) is 19.4 Å². The van der Waals surface area contributed by atoms with Crippen LogP contribution in [-0.2, 0) is 11.3 Å². The maximum atomic E-state index is 11.8. The van der Waals surface area contributed by atoms with Crippen molar-refractivity contribution in [2.75, 3.05) is 7.05 Å². The van der Waals surface area contributed by atoms with Crippen molar-refractivity contribution >= 4 is 12.0 Å². The van der Waals surface area contributed by atoms with E-state index in [9.17, 15) is 9.59 Å². The highest BCUT2D eigenvalue weighted by molar-refractivity contribution is 5.85. The maximum Gasteiger partial charge on any atom is 0.329 e. The molecule has 1 rings (SSSR count). The third-order valence-electron chi connectivity index (χ3n) is 2.95. The molecule has 0 aliphatic carbocycles. The lowest BCUT2D eigenvalue weighted by molar-refractivity contribution is -0.146. The largest absolute Gasteiger partial charge is 0.480 e. The molecule has 0 unspecified atom stereocenters. The predicted molar refractivity (Wildman–Crippen MR) is 68.2 cm³/mol. The molecule has 2 N–H and O–H groups in total. The molecule has 98 valence electrons. The van der Waals surface area contributed by atoms with Crippen LogP contribution in [0.25, 0.3) is 0 Å². The molecule has 0 atom stereocenters. The number of hydrogen-bond donors (Lipinski definition) is 2. The first-order valence-corrected chi connectivity index (χ1v) is 5.64. The highest BCUT2D eigenvalue weighted by atomic mass is 16.4. The van der Waals surface area contributed by atoms with Crippen LogP contribution in [-0.4, -0.2) is 34.6 Å². The number of aliphatic carboxylic acids is 1. The van der Waals surface area contributed by atoms with Crippen LogP contribution < -0.4 is 5.32 Å². The summed E-state index contributed by atoms with van der Waals surface area (Å²) in [7, 11) is 1.47. The fraction of sp³-hybridized carbons (Fsp3) is 0.385. The van der Waals surface area contributed by atoms with Crippen molar-refractivity contribution in [3.05, 3.63) is 35.9 Å². The Balaban J connectivity index is 2.59. The third-order valence-corrected chi connectivity index (χ3v) is 2.95. The minimum Gasteiger partial charge on any atom is -0.480 e. The zero-order valence-corrected chi connectivity index (χ0v) is 10.8. The standard InChI is InChI=1S/C13H18N2O3/c1-13(2,11(16)17)15(3)12(18)14-9-10-7-5-4-6-8-10/h4-8H,9H2,1-3H3,(H,14,18)(H,16,17). The van der Waals surface area contributed by atoms with Crippen molar-refractivity contribution in [2.45, 2.75) is 25.9 Å². The Hall–Kier alpha value is -2.04. The third kappa shape index (κ3) is 3.23. The Morgan fingerprint density at radius 3 is 2.33 bits per heavy atom. The smallest absolute Gasteiger partial charge is 0.329 e. The van der Waals surface area contributed by atoms with Crippen LogP contribution in [0.2, 0.25) is 0 Å². The minimum atomic E-state index is -1.24. The number of nitrogens with one attached hydrogen (secondary N) is 1. The van der Waals surface area contributed by atoms with Gasteiger partial charge in [-0.25, -0.2) is 9.59 Å². The number of likely N-dealkylation sites (N-methyl/N-ethyl adjacent to an activating group) is 1. The van der Waals surface area contributed by atoms with Crippen LogP contribution >= 0.6 is 0 Å². The fourth-order valence-electron chi connectivity index (χ4n) is 1.29. The lowest BCUT2D eigenvalue weighted by Gasteiger charge is -2.31. The van der Waals surface area contributed by atoms with Crippen molar-refractivity contribution in [2.24, 2.45) is 0 Å². The van der Waals surface area contributed by atoms with Gasteiger partial charge in [-0.2, -0.15) is 0 Å². The van der Waals surface area contributed by atoms with Gasteiger partial charge in [0.15, 0.2) is 0 Å². The molecule has 2 amide bonds. The number of urea groups is 1. The number of benzene rings is 1. The van der Waals surface area contributed by atoms with E-state index in [2.05, 4.69) is 5.32 Å². The van der Waals surface area contributed by atoms with Gasteiger partial charge in [0.2, 0.25) is 0 Å². The van der Waals surface area contributed by atoms with Gasteiger partial charge < -0.3 is 15.3 Å². The number of carbonyl (C=O) groups excluding carboxylic acids is 1. The number of carboxylic acids is 1. The predicted octanol–water partition coefficient (Wildman–Crippen LogP) is 1.69. The molecule has 0 spiro atoms. The zero-order valence-electron chi connectivity index (χ0n) is 10.8. The summed E-state index contributed by atoms with van der Waals surface area (Å²) in [5.74, 6) is -1.04. The molecule has 18 heavy (non-hydrogen) atoms. The van der Waals surface area contributed by atoms with E-state index >= 15 is 0 Å². The number of rotatable bonds is 4. The first kappa shape index (κ1) is 14.0. The van der Waals surface area contributed by atoms with E-state index in [1.54, 1.807) is 0 Å². The monoisotopic (exact) mass is 250 g/mol. The summed E-state index contributed by atoms with van der Waals surface area (Å²) in [4.78, 5) is 24.0. The molecule has 0 fully saturated rings. The van der Waals surface area contributed by atoms with E-state index in [0.717, 1.165) is 5.56 Å². The quantitative estimate of drug-likeness (QED) is 0.854. The molecule has 0 radical (unpaired) electrons. The molecule has 0 aliphatic rings. The Bertz CT molecular complexity index is 429. The van der Waals surface area contributed by atoms with E-state index < -0.39 is 17.5 Å². The number of carbonyl (C=O) groups is 2. The topological polar surface area (TPSA) is 69.6 Å². The molecule has 1 aromatic carbocycles. The van der Waals surface area contributed by atoms with Crippen molar-refractivity contribution < 1.29 is 14.7 Å². The van der Waals surface area contributed by atoms with Crippen LogP contribution in [0.4, 0.5) is 4.79 Å². The molecule has 0 saturated heterocycles. The number of hydrogen-bond acceptors (Lipinski definition) is 2. The summed E-state index contributed by atoms with van der Waals surface area (Å²) in [5.41, 5.74) is -0.270. The van der Waals surface area contributed by atoms with E-state index in [0.29, 0.717) is 6.54 Å². The van der Waals surface area contributed by atoms with Crippen LogP contribution in [0.3, 0.4) is 0 Å². The second-order valence-corrected chi connectivity index (χ2v) is 4.57. The first-order chi connectivity index (χ1) is 8.35. The van der Waals surface area contributed by atoms with E-state index in [4.69, 9.17) is 5.11 Å². The molecular formula is C13H18N2O3. The van der Waals surface area contributed by atoms with Gasteiger partial charge in [0.1, 0.15) is 5.54 Å². The number of nitrogens with zero attached hydrogens (tertiary/aromatic N) is 1. The highest BCUT2D eigenvalue weighted by Gasteiger charge is 2.35. The Morgan fingerprint density at radius 2 is 1.83 bits per heavy atom. The van der Waals surface area contributed by atoms with Crippen molar-refractivity contribution in [3.8, 4) is 0 Å². The molecule has 0 heterocycles. The second kappa shape index (κ2) is 5.53. The number of amides is 2. The second-order valence-electron chi connectivity index (χ2n) is 4.57. The molecule has 5 nitrogen and oxygen atoms in total. The molecule has 5 heteroatoms. The van der Waals surface area contributed by atoms with Gasteiger partial charge >= 0.3 is 12.0 Å². The molecule has 0 aromatic heterocycles. The van der Waals surface area contributed by atoms with E-state index in [1.807, 2.05) is 30.3 Å².